The Morgan fingerprint density at radius 2 is 1.78 bits per heavy atom. The lowest BCUT2D eigenvalue weighted by Crippen LogP contribution is -2.18. The number of fused-ring (bicyclic) bond motifs is 1. The number of halogens is 1. The fraction of sp³-hybridized carbons (Fsp3) is 0.136. The van der Waals surface area contributed by atoms with Gasteiger partial charge in [-0.25, -0.2) is 0 Å². The first-order valence-electron chi connectivity index (χ1n) is 8.57. The van der Waals surface area contributed by atoms with E-state index < -0.39 is 18.0 Å². The van der Waals surface area contributed by atoms with E-state index in [0.717, 1.165) is 21.3 Å². The normalized spacial score (nSPS) is 17.8. The van der Waals surface area contributed by atoms with Crippen LogP contribution in [0.5, 0.6) is 11.5 Å². The number of ether oxygens (including phenoxy) is 2. The zero-order chi connectivity index (χ0) is 18.8. The van der Waals surface area contributed by atoms with Crippen molar-refractivity contribution in [2.24, 2.45) is 0 Å². The number of hydrogen-bond donors (Lipinski definition) is 1. The van der Waals surface area contributed by atoms with Gasteiger partial charge in [-0.1, -0.05) is 58.4 Å². The van der Waals surface area contributed by atoms with Crippen LogP contribution in [0.25, 0.3) is 0 Å². The molecular weight excluding hydrogens is 408 g/mol. The van der Waals surface area contributed by atoms with Crippen LogP contribution in [0.3, 0.4) is 0 Å². The second-order valence-electron chi connectivity index (χ2n) is 6.38. The number of carboxylic acid groups (broad SMARTS) is 1. The highest BCUT2D eigenvalue weighted by atomic mass is 79.9. The number of benzene rings is 3. The van der Waals surface area contributed by atoms with E-state index in [2.05, 4.69) is 15.9 Å². The minimum Gasteiger partial charge on any atom is -0.489 e. The summed E-state index contributed by atoms with van der Waals surface area (Å²) in [5.41, 5.74) is 2.58. The molecule has 136 valence electrons. The lowest BCUT2D eigenvalue weighted by molar-refractivity contribution is -0.140. The van der Waals surface area contributed by atoms with E-state index in [1.165, 1.54) is 0 Å². The Hall–Kier alpha value is -2.79. The van der Waals surface area contributed by atoms with Crippen molar-refractivity contribution in [3.63, 3.8) is 0 Å². The summed E-state index contributed by atoms with van der Waals surface area (Å²) in [5.74, 6) is -0.303. The molecular formula is C22H17BrO4. The Morgan fingerprint density at radius 1 is 1.04 bits per heavy atom. The topological polar surface area (TPSA) is 55.8 Å². The second kappa shape index (κ2) is 7.45. The molecule has 1 N–H and O–H groups in total. The van der Waals surface area contributed by atoms with E-state index >= 15 is 0 Å². The Balaban J connectivity index is 1.52. The van der Waals surface area contributed by atoms with Crippen LogP contribution in [0, 0.1) is 0 Å². The Labute approximate surface area is 165 Å². The van der Waals surface area contributed by atoms with Crippen molar-refractivity contribution >= 4 is 21.9 Å². The lowest BCUT2D eigenvalue weighted by atomic mass is 9.91. The Kier molecular flexibility index (Phi) is 4.86. The van der Waals surface area contributed by atoms with Gasteiger partial charge in [0.15, 0.2) is 0 Å². The molecule has 4 nitrogen and oxygen atoms in total. The first-order chi connectivity index (χ1) is 13.1. The molecule has 0 radical (unpaired) electrons. The minimum atomic E-state index is -0.902. The molecule has 2 atom stereocenters. The molecule has 0 aliphatic carbocycles. The van der Waals surface area contributed by atoms with E-state index in [9.17, 15) is 9.90 Å². The van der Waals surface area contributed by atoms with Crippen LogP contribution in [0.1, 0.15) is 28.7 Å². The molecule has 1 heterocycles. The molecule has 0 bridgehead atoms. The second-order valence-corrected chi connectivity index (χ2v) is 7.30. The molecule has 0 saturated carbocycles. The quantitative estimate of drug-likeness (QED) is 0.601. The van der Waals surface area contributed by atoms with Crippen molar-refractivity contribution in [2.75, 3.05) is 0 Å². The molecule has 1 aliphatic heterocycles. The zero-order valence-electron chi connectivity index (χ0n) is 14.3. The lowest BCUT2D eigenvalue weighted by Gasteiger charge is -2.16. The van der Waals surface area contributed by atoms with E-state index in [4.69, 9.17) is 9.47 Å². The molecule has 3 aromatic carbocycles. The van der Waals surface area contributed by atoms with Crippen molar-refractivity contribution in [3.8, 4) is 11.5 Å². The largest absolute Gasteiger partial charge is 0.489 e. The summed E-state index contributed by atoms with van der Waals surface area (Å²) in [6, 6.07) is 22.8. The fourth-order valence-electron chi connectivity index (χ4n) is 3.26. The SMILES string of the molecule is O=C(O)C1c2cc(Br)ccc2OC1c1ccc(OCc2ccccc2)cc1. The number of rotatable bonds is 5. The summed E-state index contributed by atoms with van der Waals surface area (Å²) in [6.07, 6.45) is -0.560. The highest BCUT2D eigenvalue weighted by molar-refractivity contribution is 9.10. The summed E-state index contributed by atoms with van der Waals surface area (Å²) >= 11 is 3.40. The molecule has 0 saturated heterocycles. The van der Waals surface area contributed by atoms with Gasteiger partial charge in [-0.3, -0.25) is 4.79 Å². The highest BCUT2D eigenvalue weighted by Gasteiger charge is 2.40. The third kappa shape index (κ3) is 3.69. The average Bonchev–Trinajstić information content (AvgIpc) is 3.06. The standard InChI is InChI=1S/C22H17BrO4/c23-16-8-11-19-18(12-16)20(22(24)25)21(27-19)15-6-9-17(10-7-15)26-13-14-4-2-1-3-5-14/h1-12,20-21H,13H2,(H,24,25). The van der Waals surface area contributed by atoms with Gasteiger partial charge in [0, 0.05) is 10.0 Å². The minimum absolute atomic E-state index is 0.483. The van der Waals surface area contributed by atoms with Crippen molar-refractivity contribution < 1.29 is 19.4 Å². The van der Waals surface area contributed by atoms with Gasteiger partial charge in [0.05, 0.1) is 0 Å². The maximum absolute atomic E-state index is 11.9. The number of hydrogen-bond acceptors (Lipinski definition) is 3. The van der Waals surface area contributed by atoms with E-state index in [1.807, 2.05) is 66.7 Å². The average molecular weight is 425 g/mol. The first kappa shape index (κ1) is 17.6. The van der Waals surface area contributed by atoms with Crippen LogP contribution in [-0.4, -0.2) is 11.1 Å². The summed E-state index contributed by atoms with van der Waals surface area (Å²) in [4.78, 5) is 11.9. The van der Waals surface area contributed by atoms with Gasteiger partial charge in [-0.2, -0.15) is 0 Å². The van der Waals surface area contributed by atoms with Gasteiger partial charge in [-0.05, 0) is 41.5 Å². The predicted molar refractivity (Wildman–Crippen MR) is 105 cm³/mol. The van der Waals surface area contributed by atoms with Crippen LogP contribution >= 0.6 is 15.9 Å². The van der Waals surface area contributed by atoms with Crippen molar-refractivity contribution in [3.05, 3.63) is 94.0 Å². The number of aliphatic carboxylic acids is 1. The summed E-state index contributed by atoms with van der Waals surface area (Å²) in [7, 11) is 0. The first-order valence-corrected chi connectivity index (χ1v) is 9.37. The van der Waals surface area contributed by atoms with Crippen molar-refractivity contribution in [2.45, 2.75) is 18.6 Å². The maximum atomic E-state index is 11.9. The van der Waals surface area contributed by atoms with E-state index in [-0.39, 0.29) is 0 Å². The predicted octanol–water partition coefficient (Wildman–Crippen LogP) is 5.33. The molecule has 0 aromatic heterocycles. The smallest absolute Gasteiger partial charge is 0.315 e. The summed E-state index contributed by atoms with van der Waals surface area (Å²) in [6.45, 7) is 0.483. The Bertz CT molecular complexity index is 954. The molecule has 0 amide bonds. The zero-order valence-corrected chi connectivity index (χ0v) is 15.9. The molecule has 2 unspecified atom stereocenters. The van der Waals surface area contributed by atoms with Crippen LogP contribution in [0.15, 0.2) is 77.3 Å². The number of carboxylic acids is 1. The van der Waals surface area contributed by atoms with E-state index in [1.54, 1.807) is 6.07 Å². The number of carbonyl (C=O) groups is 1. The third-order valence-corrected chi connectivity index (χ3v) is 5.08. The highest BCUT2D eigenvalue weighted by Crippen LogP contribution is 2.47. The molecule has 1 aliphatic rings. The van der Waals surface area contributed by atoms with Crippen LogP contribution in [0.4, 0.5) is 0 Å². The molecule has 3 aromatic rings. The third-order valence-electron chi connectivity index (χ3n) is 4.59. The van der Waals surface area contributed by atoms with E-state index in [0.29, 0.717) is 17.9 Å². The van der Waals surface area contributed by atoms with Crippen LogP contribution in [0.2, 0.25) is 0 Å². The van der Waals surface area contributed by atoms with Crippen LogP contribution < -0.4 is 9.47 Å². The van der Waals surface area contributed by atoms with Gasteiger partial charge in [0.25, 0.3) is 0 Å². The van der Waals surface area contributed by atoms with Gasteiger partial charge in [0.2, 0.25) is 0 Å². The summed E-state index contributed by atoms with van der Waals surface area (Å²) < 4.78 is 12.6. The van der Waals surface area contributed by atoms with Crippen molar-refractivity contribution in [1.82, 2.24) is 0 Å². The summed E-state index contributed by atoms with van der Waals surface area (Å²) in [5, 5.41) is 9.73. The molecule has 0 spiro atoms. The monoisotopic (exact) mass is 424 g/mol. The molecule has 5 heteroatoms. The van der Waals surface area contributed by atoms with Gasteiger partial charge < -0.3 is 14.6 Å². The van der Waals surface area contributed by atoms with Gasteiger partial charge in [0.1, 0.15) is 30.1 Å². The van der Waals surface area contributed by atoms with Gasteiger partial charge in [-0.15, -0.1) is 0 Å². The molecule has 0 fully saturated rings. The maximum Gasteiger partial charge on any atom is 0.315 e. The van der Waals surface area contributed by atoms with Crippen molar-refractivity contribution in [1.29, 1.82) is 0 Å². The fourth-order valence-corrected chi connectivity index (χ4v) is 3.63. The van der Waals surface area contributed by atoms with Crippen LogP contribution in [-0.2, 0) is 11.4 Å². The Morgan fingerprint density at radius 3 is 2.48 bits per heavy atom. The molecule has 4 rings (SSSR count). The molecule has 27 heavy (non-hydrogen) atoms. The van der Waals surface area contributed by atoms with Gasteiger partial charge >= 0.3 is 5.97 Å².